The molecule has 22 heavy (non-hydrogen) atoms. The van der Waals surface area contributed by atoms with Crippen LogP contribution in [0.15, 0.2) is 36.5 Å². The van der Waals surface area contributed by atoms with Crippen LogP contribution in [0.3, 0.4) is 0 Å². The number of rotatable bonds is 1. The molecule has 2 unspecified atom stereocenters. The maximum absolute atomic E-state index is 12.4. The van der Waals surface area contributed by atoms with Crippen LogP contribution in [-0.2, 0) is 4.79 Å². The normalized spacial score (nSPS) is 23.1. The number of carbonyl (C=O) groups excluding carboxylic acids is 1. The second-order valence-corrected chi connectivity index (χ2v) is 6.10. The van der Waals surface area contributed by atoms with Gasteiger partial charge in [-0.1, -0.05) is 43.2 Å². The topological polar surface area (TPSA) is 57.8 Å². The minimum absolute atomic E-state index is 0.0452. The average Bonchev–Trinajstić information content (AvgIpc) is 2.94. The number of nitriles is 1. The fourth-order valence-corrected chi connectivity index (χ4v) is 3.82. The van der Waals surface area contributed by atoms with Gasteiger partial charge in [0, 0.05) is 17.8 Å². The molecule has 4 heteroatoms. The van der Waals surface area contributed by atoms with Gasteiger partial charge in [0.15, 0.2) is 0 Å². The molecule has 0 bridgehead atoms. The first kappa shape index (κ1) is 13.1. The first-order valence-electron chi connectivity index (χ1n) is 7.81. The smallest absolute Gasteiger partial charge is 0.230 e. The van der Waals surface area contributed by atoms with Crippen LogP contribution in [0.25, 0.3) is 11.1 Å². The molecule has 1 N–H and O–H groups in total. The van der Waals surface area contributed by atoms with E-state index in [1.165, 1.54) is 0 Å². The van der Waals surface area contributed by atoms with Crippen LogP contribution in [0.1, 0.15) is 37.3 Å². The van der Waals surface area contributed by atoms with Crippen LogP contribution in [0, 0.1) is 17.2 Å². The lowest BCUT2D eigenvalue weighted by Crippen LogP contribution is -2.38. The summed E-state index contributed by atoms with van der Waals surface area (Å²) < 4.78 is 2.13. The highest BCUT2D eigenvalue weighted by molar-refractivity contribution is 5.97. The van der Waals surface area contributed by atoms with Crippen LogP contribution in [-0.4, -0.2) is 10.5 Å². The summed E-state index contributed by atoms with van der Waals surface area (Å²) in [7, 11) is 0. The van der Waals surface area contributed by atoms with Gasteiger partial charge in [-0.3, -0.25) is 4.79 Å². The van der Waals surface area contributed by atoms with Crippen molar-refractivity contribution in [1.82, 2.24) is 4.57 Å². The summed E-state index contributed by atoms with van der Waals surface area (Å²) in [5.74, 6) is 0.796. The summed E-state index contributed by atoms with van der Waals surface area (Å²) >= 11 is 0. The molecule has 0 radical (unpaired) electrons. The fraction of sp³-hybridized carbons (Fsp3) is 0.333. The van der Waals surface area contributed by atoms with Crippen molar-refractivity contribution in [3.05, 3.63) is 42.1 Å². The van der Waals surface area contributed by atoms with Crippen LogP contribution in [0.5, 0.6) is 0 Å². The van der Waals surface area contributed by atoms with E-state index in [9.17, 15) is 10.1 Å². The van der Waals surface area contributed by atoms with E-state index >= 15 is 0 Å². The van der Waals surface area contributed by atoms with Gasteiger partial charge in [-0.15, -0.1) is 0 Å². The number of aromatic nitrogens is 1. The number of fused-ring (bicyclic) bond motifs is 3. The van der Waals surface area contributed by atoms with Gasteiger partial charge in [-0.25, -0.2) is 0 Å². The highest BCUT2D eigenvalue weighted by atomic mass is 16.2. The maximum Gasteiger partial charge on any atom is 0.230 e. The molecule has 0 saturated heterocycles. The number of hydrogen-bond donors (Lipinski definition) is 1. The number of benzene rings is 1. The molecule has 2 aromatic rings. The molecule has 0 spiro atoms. The Hall–Kier alpha value is -2.54. The average molecular weight is 291 g/mol. The molecule has 1 aromatic carbocycles. The summed E-state index contributed by atoms with van der Waals surface area (Å²) in [4.78, 5) is 12.4. The fourth-order valence-electron chi connectivity index (χ4n) is 3.82. The standard InChI is InChI=1S/C18H17N3O/c19-10-14-15(12-6-2-1-3-7-12)11-21-16-9-5-4-8-13(16)18(22)20-17(14)21/h1-3,6-7,11,13,16H,4-5,8-9H2,(H,20,22). The van der Waals surface area contributed by atoms with E-state index in [0.717, 1.165) is 36.8 Å². The quantitative estimate of drug-likeness (QED) is 0.870. The Balaban J connectivity index is 1.88. The van der Waals surface area contributed by atoms with E-state index in [2.05, 4.69) is 16.0 Å². The lowest BCUT2D eigenvalue weighted by molar-refractivity contribution is -0.123. The Morgan fingerprint density at radius 2 is 1.95 bits per heavy atom. The highest BCUT2D eigenvalue weighted by Gasteiger charge is 2.39. The summed E-state index contributed by atoms with van der Waals surface area (Å²) in [6.45, 7) is 0. The number of amides is 1. The third-order valence-electron chi connectivity index (χ3n) is 4.89. The Morgan fingerprint density at radius 1 is 1.18 bits per heavy atom. The molecule has 2 heterocycles. The van der Waals surface area contributed by atoms with Gasteiger partial charge in [0.2, 0.25) is 5.91 Å². The number of carbonyl (C=O) groups is 1. The van der Waals surface area contributed by atoms with Crippen LogP contribution in [0.4, 0.5) is 5.82 Å². The van der Waals surface area contributed by atoms with Crippen molar-refractivity contribution >= 4 is 11.7 Å². The molecular formula is C18H17N3O. The predicted octanol–water partition coefficient (Wildman–Crippen LogP) is 3.71. The summed E-state index contributed by atoms with van der Waals surface area (Å²) in [6, 6.07) is 12.4. The van der Waals surface area contributed by atoms with Crippen LogP contribution >= 0.6 is 0 Å². The number of nitrogens with one attached hydrogen (secondary N) is 1. The van der Waals surface area contributed by atoms with E-state index in [1.807, 2.05) is 36.5 Å². The van der Waals surface area contributed by atoms with Gasteiger partial charge < -0.3 is 9.88 Å². The monoisotopic (exact) mass is 291 g/mol. The minimum Gasteiger partial charge on any atom is -0.329 e. The summed E-state index contributed by atoms with van der Waals surface area (Å²) in [5, 5.41) is 12.6. The molecular weight excluding hydrogens is 274 g/mol. The molecule has 1 aromatic heterocycles. The van der Waals surface area contributed by atoms with Gasteiger partial charge >= 0.3 is 0 Å². The predicted molar refractivity (Wildman–Crippen MR) is 84.2 cm³/mol. The van der Waals surface area contributed by atoms with E-state index in [-0.39, 0.29) is 17.9 Å². The minimum atomic E-state index is 0.0452. The zero-order chi connectivity index (χ0) is 15.1. The van der Waals surface area contributed by atoms with Gasteiger partial charge in [0.1, 0.15) is 17.5 Å². The van der Waals surface area contributed by atoms with Crippen LogP contribution < -0.4 is 5.32 Å². The van der Waals surface area contributed by atoms with Crippen molar-refractivity contribution in [3.8, 4) is 17.2 Å². The van der Waals surface area contributed by atoms with Crippen molar-refractivity contribution in [2.75, 3.05) is 5.32 Å². The van der Waals surface area contributed by atoms with E-state index < -0.39 is 0 Å². The van der Waals surface area contributed by atoms with Crippen molar-refractivity contribution in [1.29, 1.82) is 5.26 Å². The molecule has 110 valence electrons. The molecule has 4 nitrogen and oxygen atoms in total. The van der Waals surface area contributed by atoms with E-state index in [0.29, 0.717) is 11.4 Å². The van der Waals surface area contributed by atoms with Crippen molar-refractivity contribution < 1.29 is 4.79 Å². The SMILES string of the molecule is N#Cc1c(-c2ccccc2)cn2c1NC(=O)C1CCCCC12. The second-order valence-electron chi connectivity index (χ2n) is 6.10. The molecule has 1 saturated carbocycles. The highest BCUT2D eigenvalue weighted by Crippen LogP contribution is 2.43. The van der Waals surface area contributed by atoms with Crippen molar-refractivity contribution in [2.45, 2.75) is 31.7 Å². The summed E-state index contributed by atoms with van der Waals surface area (Å²) in [6.07, 6.45) is 6.26. The lowest BCUT2D eigenvalue weighted by atomic mass is 9.82. The molecule has 1 aliphatic carbocycles. The molecule has 1 fully saturated rings. The number of nitrogens with zero attached hydrogens (tertiary/aromatic N) is 2. The van der Waals surface area contributed by atoms with E-state index in [4.69, 9.17) is 0 Å². The molecule has 1 amide bonds. The second kappa shape index (κ2) is 5.03. The Labute approximate surface area is 129 Å². The van der Waals surface area contributed by atoms with Crippen molar-refractivity contribution in [3.63, 3.8) is 0 Å². The maximum atomic E-state index is 12.4. The van der Waals surface area contributed by atoms with Gasteiger partial charge in [-0.2, -0.15) is 5.26 Å². The molecule has 1 aliphatic heterocycles. The van der Waals surface area contributed by atoms with Crippen molar-refractivity contribution in [2.24, 2.45) is 5.92 Å². The van der Waals surface area contributed by atoms with Gasteiger partial charge in [0.25, 0.3) is 0 Å². The third kappa shape index (κ3) is 1.86. The largest absolute Gasteiger partial charge is 0.329 e. The first-order valence-corrected chi connectivity index (χ1v) is 7.81. The first-order chi connectivity index (χ1) is 10.8. The Morgan fingerprint density at radius 3 is 2.73 bits per heavy atom. The molecule has 2 atom stereocenters. The number of hydrogen-bond acceptors (Lipinski definition) is 2. The van der Waals surface area contributed by atoms with E-state index in [1.54, 1.807) is 0 Å². The zero-order valence-corrected chi connectivity index (χ0v) is 12.2. The molecule has 2 aliphatic rings. The summed E-state index contributed by atoms with van der Waals surface area (Å²) in [5.41, 5.74) is 2.50. The zero-order valence-electron chi connectivity index (χ0n) is 12.2. The van der Waals surface area contributed by atoms with Gasteiger partial charge in [-0.05, 0) is 18.4 Å². The molecule has 4 rings (SSSR count). The third-order valence-corrected chi connectivity index (χ3v) is 4.89. The van der Waals surface area contributed by atoms with Gasteiger partial charge in [0.05, 0.1) is 5.92 Å². The lowest BCUT2D eigenvalue weighted by Gasteiger charge is -2.36. The van der Waals surface area contributed by atoms with Crippen LogP contribution in [0.2, 0.25) is 0 Å². The Bertz CT molecular complexity index is 770. The Kier molecular flexibility index (Phi) is 3.00. The number of anilines is 1.